The number of rotatable bonds is 5. The minimum absolute atomic E-state index is 0.0668. The molecule has 4 heteroatoms. The Balaban J connectivity index is 3.17. The molecule has 2 N–H and O–H groups in total. The van der Waals surface area contributed by atoms with Crippen LogP contribution in [0.15, 0.2) is 0 Å². The highest BCUT2D eigenvalue weighted by molar-refractivity contribution is 6.18. The molecule has 0 rings (SSSR count). The van der Waals surface area contributed by atoms with E-state index < -0.39 is 6.10 Å². The Morgan fingerprint density at radius 2 is 2.20 bits per heavy atom. The molecule has 0 saturated heterocycles. The van der Waals surface area contributed by atoms with Crippen LogP contribution in [0.2, 0.25) is 0 Å². The molecular formula is C6H13ClO3. The lowest BCUT2D eigenvalue weighted by atomic mass is 10.4. The summed E-state index contributed by atoms with van der Waals surface area (Å²) in [5.41, 5.74) is 0. The molecule has 0 aliphatic rings. The summed E-state index contributed by atoms with van der Waals surface area (Å²) in [5, 5.41) is 17.1. The van der Waals surface area contributed by atoms with Gasteiger partial charge in [-0.3, -0.25) is 0 Å². The molecular weight excluding hydrogens is 156 g/mol. The molecule has 0 aromatic rings. The average molecular weight is 169 g/mol. The number of halogens is 1. The fourth-order valence-corrected chi connectivity index (χ4v) is 0.462. The molecule has 0 amide bonds. The number of aliphatic hydroxyl groups is 2. The number of alkyl halides is 1. The molecule has 3 nitrogen and oxygen atoms in total. The molecule has 0 aliphatic carbocycles. The van der Waals surface area contributed by atoms with Crippen LogP contribution in [0.3, 0.4) is 0 Å². The summed E-state index contributed by atoms with van der Waals surface area (Å²) in [7, 11) is 0. The molecule has 0 radical (unpaired) electrons. The molecule has 0 aliphatic heterocycles. The minimum Gasteiger partial charge on any atom is -0.394 e. The normalized spacial score (nSPS) is 16.8. The van der Waals surface area contributed by atoms with Gasteiger partial charge in [0.05, 0.1) is 19.3 Å². The van der Waals surface area contributed by atoms with Crippen molar-refractivity contribution in [2.45, 2.75) is 19.1 Å². The van der Waals surface area contributed by atoms with Crippen LogP contribution in [0.1, 0.15) is 6.92 Å². The standard InChI is InChI=1S/C6H13ClO3/c1-5(2-7)10-4-6(9)3-8/h5-6,8-9H,2-4H2,1H3. The number of hydrogen-bond acceptors (Lipinski definition) is 3. The highest BCUT2D eigenvalue weighted by Crippen LogP contribution is 1.94. The van der Waals surface area contributed by atoms with Gasteiger partial charge in [-0.25, -0.2) is 0 Å². The van der Waals surface area contributed by atoms with Crippen molar-refractivity contribution in [3.8, 4) is 0 Å². The van der Waals surface area contributed by atoms with E-state index >= 15 is 0 Å². The summed E-state index contributed by atoms with van der Waals surface area (Å²) in [5.74, 6) is 0.401. The molecule has 62 valence electrons. The molecule has 0 spiro atoms. The summed E-state index contributed by atoms with van der Waals surface area (Å²) in [6, 6.07) is 0. The Hall–Kier alpha value is 0.170. The largest absolute Gasteiger partial charge is 0.394 e. The van der Waals surface area contributed by atoms with E-state index in [2.05, 4.69) is 0 Å². The predicted molar refractivity (Wildman–Crippen MR) is 39.2 cm³/mol. The van der Waals surface area contributed by atoms with E-state index in [1.165, 1.54) is 0 Å². The van der Waals surface area contributed by atoms with Crippen LogP contribution in [-0.2, 0) is 4.74 Å². The lowest BCUT2D eigenvalue weighted by Crippen LogP contribution is -2.23. The second kappa shape index (κ2) is 5.92. The summed E-state index contributed by atoms with van der Waals surface area (Å²) >= 11 is 5.41. The Kier molecular flexibility index (Phi) is 6.02. The van der Waals surface area contributed by atoms with Crippen LogP contribution in [0, 0.1) is 0 Å². The molecule has 0 aromatic carbocycles. The lowest BCUT2D eigenvalue weighted by Gasteiger charge is -2.11. The van der Waals surface area contributed by atoms with Crippen molar-refractivity contribution in [2.75, 3.05) is 19.1 Å². The van der Waals surface area contributed by atoms with E-state index in [1.54, 1.807) is 6.92 Å². The van der Waals surface area contributed by atoms with Crippen molar-refractivity contribution >= 4 is 11.6 Å². The van der Waals surface area contributed by atoms with E-state index in [1.807, 2.05) is 0 Å². The van der Waals surface area contributed by atoms with Gasteiger partial charge >= 0.3 is 0 Å². The van der Waals surface area contributed by atoms with Crippen LogP contribution in [0.25, 0.3) is 0 Å². The van der Waals surface area contributed by atoms with E-state index in [4.69, 9.17) is 26.6 Å². The van der Waals surface area contributed by atoms with Crippen LogP contribution in [0.4, 0.5) is 0 Å². The van der Waals surface area contributed by atoms with Crippen LogP contribution in [0.5, 0.6) is 0 Å². The topological polar surface area (TPSA) is 49.7 Å². The fourth-order valence-electron chi connectivity index (χ4n) is 0.373. The Morgan fingerprint density at radius 3 is 2.60 bits per heavy atom. The third-order valence-electron chi connectivity index (χ3n) is 1.00. The fraction of sp³-hybridized carbons (Fsp3) is 1.00. The van der Waals surface area contributed by atoms with Gasteiger partial charge in [0.15, 0.2) is 0 Å². The van der Waals surface area contributed by atoms with Crippen LogP contribution >= 0.6 is 11.6 Å². The Bertz CT molecular complexity index is 69.4. The smallest absolute Gasteiger partial charge is 0.100 e. The van der Waals surface area contributed by atoms with Gasteiger partial charge in [-0.2, -0.15) is 0 Å². The summed E-state index contributed by atoms with van der Waals surface area (Å²) in [6.07, 6.45) is -0.853. The first-order valence-corrected chi connectivity index (χ1v) is 3.70. The summed E-state index contributed by atoms with van der Waals surface area (Å²) in [4.78, 5) is 0. The van der Waals surface area contributed by atoms with Gasteiger partial charge in [-0.05, 0) is 6.92 Å². The predicted octanol–water partition coefficient (Wildman–Crippen LogP) is -0.0165. The van der Waals surface area contributed by atoms with Crippen molar-refractivity contribution in [2.24, 2.45) is 0 Å². The maximum absolute atomic E-state index is 8.78. The number of ether oxygens (including phenoxy) is 1. The van der Waals surface area contributed by atoms with E-state index in [9.17, 15) is 0 Å². The highest BCUT2D eigenvalue weighted by Gasteiger charge is 2.04. The monoisotopic (exact) mass is 168 g/mol. The third-order valence-corrected chi connectivity index (χ3v) is 1.44. The maximum Gasteiger partial charge on any atom is 0.100 e. The lowest BCUT2D eigenvalue weighted by molar-refractivity contribution is -0.0157. The van der Waals surface area contributed by atoms with E-state index in [0.29, 0.717) is 5.88 Å². The van der Waals surface area contributed by atoms with Crippen molar-refractivity contribution in [1.29, 1.82) is 0 Å². The van der Waals surface area contributed by atoms with E-state index in [0.717, 1.165) is 0 Å². The van der Waals surface area contributed by atoms with Gasteiger partial charge in [0.2, 0.25) is 0 Å². The minimum atomic E-state index is -0.786. The first-order chi connectivity index (χ1) is 4.70. The van der Waals surface area contributed by atoms with Gasteiger partial charge in [0, 0.05) is 5.88 Å². The van der Waals surface area contributed by atoms with Crippen molar-refractivity contribution in [3.05, 3.63) is 0 Å². The van der Waals surface area contributed by atoms with Crippen LogP contribution < -0.4 is 0 Å². The first-order valence-electron chi connectivity index (χ1n) is 3.17. The Labute approximate surface area is 65.6 Å². The van der Waals surface area contributed by atoms with Gasteiger partial charge < -0.3 is 14.9 Å². The Morgan fingerprint density at radius 1 is 1.60 bits per heavy atom. The van der Waals surface area contributed by atoms with Gasteiger partial charge in [0.1, 0.15) is 6.10 Å². The zero-order valence-electron chi connectivity index (χ0n) is 5.96. The summed E-state index contributed by atoms with van der Waals surface area (Å²) < 4.78 is 5.00. The van der Waals surface area contributed by atoms with Gasteiger partial charge in [-0.1, -0.05) is 0 Å². The molecule has 10 heavy (non-hydrogen) atoms. The zero-order valence-corrected chi connectivity index (χ0v) is 6.71. The van der Waals surface area contributed by atoms with Crippen molar-refractivity contribution in [3.63, 3.8) is 0 Å². The van der Waals surface area contributed by atoms with Gasteiger partial charge in [0.25, 0.3) is 0 Å². The number of aliphatic hydroxyl groups excluding tert-OH is 2. The first kappa shape index (κ1) is 10.2. The molecule has 0 heterocycles. The zero-order chi connectivity index (χ0) is 7.98. The second-order valence-electron chi connectivity index (χ2n) is 2.13. The SMILES string of the molecule is CC(CCl)OCC(O)CO. The third kappa shape index (κ3) is 4.99. The molecule has 2 atom stereocenters. The average Bonchev–Trinajstić information content (AvgIpc) is 1.99. The second-order valence-corrected chi connectivity index (χ2v) is 2.44. The maximum atomic E-state index is 8.78. The molecule has 2 unspecified atom stereocenters. The molecule has 0 saturated carbocycles. The summed E-state index contributed by atoms with van der Waals surface area (Å²) in [6.45, 7) is 1.68. The molecule has 0 bridgehead atoms. The molecule has 0 fully saturated rings. The number of hydrogen-bond donors (Lipinski definition) is 2. The highest BCUT2D eigenvalue weighted by atomic mass is 35.5. The van der Waals surface area contributed by atoms with Crippen molar-refractivity contribution < 1.29 is 14.9 Å². The molecule has 0 aromatic heterocycles. The van der Waals surface area contributed by atoms with Gasteiger partial charge in [-0.15, -0.1) is 11.6 Å². The van der Waals surface area contributed by atoms with Crippen LogP contribution in [-0.4, -0.2) is 41.5 Å². The quantitative estimate of drug-likeness (QED) is 0.568. The van der Waals surface area contributed by atoms with Crippen molar-refractivity contribution in [1.82, 2.24) is 0 Å². The van der Waals surface area contributed by atoms with E-state index in [-0.39, 0.29) is 19.3 Å².